The Bertz CT molecular complexity index is 312. The zero-order valence-corrected chi connectivity index (χ0v) is 10.9. The number of hydrogen-bond donors (Lipinski definition) is 1. The molecule has 0 saturated heterocycles. The van der Waals surface area contributed by atoms with Gasteiger partial charge in [-0.25, -0.2) is 0 Å². The molecule has 4 heteroatoms. The topological polar surface area (TPSA) is 33.6 Å². The van der Waals surface area contributed by atoms with Gasteiger partial charge in [0.1, 0.15) is 0 Å². The molecule has 1 heterocycles. The minimum atomic E-state index is -2.02. The van der Waals surface area contributed by atoms with Crippen LogP contribution in [-0.2, 0) is 4.94 Å². The number of nitrogens with zero attached hydrogens (tertiary/aromatic N) is 1. The molecule has 0 aromatic carbocycles. The van der Waals surface area contributed by atoms with Gasteiger partial charge in [-0.05, 0) is 0 Å². The van der Waals surface area contributed by atoms with Gasteiger partial charge in [-0.3, -0.25) is 0 Å². The first-order chi connectivity index (χ1) is 6.09. The van der Waals surface area contributed by atoms with Crippen molar-refractivity contribution in [3.8, 4) is 0 Å². The van der Waals surface area contributed by atoms with Crippen molar-refractivity contribution < 1.29 is 4.94 Å². The van der Waals surface area contributed by atoms with Gasteiger partial charge in [0.05, 0.1) is 0 Å². The number of hydroxylamine groups is 1. The van der Waals surface area contributed by atoms with E-state index in [1.165, 1.54) is 3.93 Å². The summed E-state index contributed by atoms with van der Waals surface area (Å²) in [6.07, 6.45) is 6.23. The Hall–Kier alpha value is -0.451. The number of rotatable bonds is 1. The summed E-state index contributed by atoms with van der Waals surface area (Å²) in [5, 5.41) is 4.01. The van der Waals surface area contributed by atoms with E-state index in [4.69, 9.17) is 4.94 Å². The van der Waals surface area contributed by atoms with Crippen molar-refractivity contribution in [2.24, 2.45) is 5.16 Å². The normalized spacial score (nSPS) is 21.5. The number of nitrogens with one attached hydrogen (secondary N) is 1. The van der Waals surface area contributed by atoms with E-state index in [0.717, 1.165) is 11.4 Å². The predicted molar refractivity (Wildman–Crippen MR) is 55.5 cm³/mol. The third-order valence-electron chi connectivity index (χ3n) is 2.14. The molecule has 0 saturated carbocycles. The molecular formula is C9H13N2OSn. The third-order valence-corrected chi connectivity index (χ3v) is 7.90. The Kier molecular flexibility index (Phi) is 2.13. The summed E-state index contributed by atoms with van der Waals surface area (Å²) >= 11 is -2.02. The van der Waals surface area contributed by atoms with E-state index >= 15 is 0 Å². The summed E-state index contributed by atoms with van der Waals surface area (Å²) in [4.78, 5) is 12.0. The van der Waals surface area contributed by atoms with E-state index in [1.54, 1.807) is 0 Å². The predicted octanol–water partition coefficient (Wildman–Crippen LogP) is 1.78. The third kappa shape index (κ3) is 1.61. The van der Waals surface area contributed by atoms with Crippen LogP contribution in [0.2, 0.25) is 14.8 Å². The molecule has 0 spiro atoms. The van der Waals surface area contributed by atoms with E-state index in [2.05, 4.69) is 37.6 Å². The summed E-state index contributed by atoms with van der Waals surface area (Å²) in [6.45, 7) is 0. The fourth-order valence-electron chi connectivity index (χ4n) is 1.45. The van der Waals surface area contributed by atoms with Crippen molar-refractivity contribution in [2.45, 2.75) is 14.8 Å². The molecule has 1 radical (unpaired) electrons. The van der Waals surface area contributed by atoms with E-state index < -0.39 is 18.4 Å². The maximum absolute atomic E-state index is 4.86. The molecule has 3 nitrogen and oxygen atoms in total. The Balaban J connectivity index is 2.33. The molecule has 0 unspecified atom stereocenters. The molecule has 1 N–H and O–H groups in total. The van der Waals surface area contributed by atoms with Crippen molar-refractivity contribution in [1.29, 1.82) is 0 Å². The number of allylic oxidation sites excluding steroid dienone is 4. The Morgan fingerprint density at radius 3 is 2.85 bits per heavy atom. The number of hydrogen-bond acceptors (Lipinski definition) is 3. The SMILES string of the molecule is [CH3][Sn]([CH3])([CH3])[C]1C=CC=C2NON=C12. The van der Waals surface area contributed by atoms with Crippen LogP contribution in [0.15, 0.2) is 29.1 Å². The van der Waals surface area contributed by atoms with E-state index in [-0.39, 0.29) is 0 Å². The maximum atomic E-state index is 4.86. The quantitative estimate of drug-likeness (QED) is 0.745. The van der Waals surface area contributed by atoms with Gasteiger partial charge in [-0.2, -0.15) is 0 Å². The molecule has 2 rings (SSSR count). The van der Waals surface area contributed by atoms with Crippen LogP contribution in [0, 0.1) is 3.93 Å². The average Bonchev–Trinajstić information content (AvgIpc) is 2.48. The van der Waals surface area contributed by atoms with Crippen LogP contribution < -0.4 is 5.48 Å². The zero-order valence-electron chi connectivity index (χ0n) is 8.09. The van der Waals surface area contributed by atoms with Gasteiger partial charge in [-0.15, -0.1) is 0 Å². The fourth-order valence-corrected chi connectivity index (χ4v) is 5.69. The van der Waals surface area contributed by atoms with Crippen molar-refractivity contribution in [3.63, 3.8) is 0 Å². The van der Waals surface area contributed by atoms with Gasteiger partial charge in [0, 0.05) is 0 Å². The molecule has 0 aromatic rings. The van der Waals surface area contributed by atoms with Crippen LogP contribution in [0.25, 0.3) is 0 Å². The molecule has 1 aliphatic carbocycles. The first-order valence-corrected chi connectivity index (χ1v) is 14.3. The fraction of sp³-hybridized carbons (Fsp3) is 0.333. The second kappa shape index (κ2) is 3.04. The zero-order chi connectivity index (χ0) is 9.47. The number of oxime groups is 1. The molecule has 1 aliphatic heterocycles. The van der Waals surface area contributed by atoms with Gasteiger partial charge in [0.2, 0.25) is 0 Å². The molecule has 0 aromatic heterocycles. The van der Waals surface area contributed by atoms with Crippen molar-refractivity contribution in [1.82, 2.24) is 5.48 Å². The Labute approximate surface area is 82.4 Å². The van der Waals surface area contributed by atoms with Gasteiger partial charge in [-0.1, -0.05) is 0 Å². The first kappa shape index (κ1) is 9.12. The molecule has 0 amide bonds. The number of fused-ring (bicyclic) bond motifs is 1. The van der Waals surface area contributed by atoms with Crippen molar-refractivity contribution in [2.75, 3.05) is 0 Å². The van der Waals surface area contributed by atoms with Crippen LogP contribution >= 0.6 is 0 Å². The average molecular weight is 284 g/mol. The van der Waals surface area contributed by atoms with Crippen LogP contribution in [0.3, 0.4) is 0 Å². The molecule has 0 atom stereocenters. The van der Waals surface area contributed by atoms with Crippen LogP contribution in [0.1, 0.15) is 0 Å². The summed E-state index contributed by atoms with van der Waals surface area (Å²) in [6, 6.07) is 0. The van der Waals surface area contributed by atoms with Gasteiger partial charge < -0.3 is 0 Å². The molecule has 2 aliphatic rings. The molecule has 69 valence electrons. The van der Waals surface area contributed by atoms with Gasteiger partial charge >= 0.3 is 82.3 Å². The molecule has 0 fully saturated rings. The van der Waals surface area contributed by atoms with E-state index in [9.17, 15) is 0 Å². The van der Waals surface area contributed by atoms with Gasteiger partial charge in [0.15, 0.2) is 0 Å². The monoisotopic (exact) mass is 285 g/mol. The van der Waals surface area contributed by atoms with Crippen molar-refractivity contribution in [3.05, 3.63) is 27.9 Å². The van der Waals surface area contributed by atoms with Crippen LogP contribution in [0.4, 0.5) is 0 Å². The van der Waals surface area contributed by atoms with Crippen LogP contribution in [0.5, 0.6) is 0 Å². The summed E-state index contributed by atoms with van der Waals surface area (Å²) in [7, 11) is 0. The van der Waals surface area contributed by atoms with E-state index in [0.29, 0.717) is 0 Å². The first-order valence-electron chi connectivity index (χ1n) is 4.35. The van der Waals surface area contributed by atoms with Crippen molar-refractivity contribution >= 4 is 24.1 Å². The molecular weight excluding hydrogens is 271 g/mol. The summed E-state index contributed by atoms with van der Waals surface area (Å²) in [5.41, 5.74) is 4.80. The standard InChI is InChI=1S/C6H4N2O.3CH3.Sn/c1-2-4-6-5(3-1)7-9-8-6;;;;/h1-3,7H;3*1H3;. The van der Waals surface area contributed by atoms with E-state index in [1.807, 2.05) is 6.08 Å². The van der Waals surface area contributed by atoms with Gasteiger partial charge in [0.25, 0.3) is 0 Å². The summed E-state index contributed by atoms with van der Waals surface area (Å²) < 4.78 is 1.41. The van der Waals surface area contributed by atoms with Crippen LogP contribution in [-0.4, -0.2) is 24.1 Å². The Morgan fingerprint density at radius 1 is 1.38 bits per heavy atom. The minimum absolute atomic E-state index is 1.00. The molecule has 13 heavy (non-hydrogen) atoms. The Morgan fingerprint density at radius 2 is 2.15 bits per heavy atom. The second-order valence-electron chi connectivity index (χ2n) is 4.24. The summed E-state index contributed by atoms with van der Waals surface area (Å²) in [5.74, 6) is 0. The second-order valence-corrected chi connectivity index (χ2v) is 18.6. The molecule has 0 bridgehead atoms.